The summed E-state index contributed by atoms with van der Waals surface area (Å²) in [5, 5.41) is 12.8. The molecule has 0 spiro atoms. The molecule has 95 valence electrons. The summed E-state index contributed by atoms with van der Waals surface area (Å²) in [6, 6.07) is 20.7. The van der Waals surface area contributed by atoms with E-state index in [9.17, 15) is 10.1 Å². The first kappa shape index (κ1) is 12.4. The predicted octanol–water partition coefficient (Wildman–Crippen LogP) is 2.40. The molecule has 3 rings (SSSR count). The third-order valence-corrected chi connectivity index (χ3v) is 3.19. The monoisotopic (exact) mass is 260 g/mol. The van der Waals surface area contributed by atoms with Gasteiger partial charge in [-0.3, -0.25) is 10.1 Å². The van der Waals surface area contributed by atoms with Crippen LogP contribution >= 0.6 is 0 Å². The number of nitro groups is 1. The van der Waals surface area contributed by atoms with Crippen LogP contribution < -0.4 is 10.9 Å². The molecule has 0 saturated carbocycles. The van der Waals surface area contributed by atoms with Crippen molar-refractivity contribution >= 4 is 34.7 Å². The molecule has 0 aliphatic rings. The van der Waals surface area contributed by atoms with Gasteiger partial charge in [0, 0.05) is 6.07 Å². The normalized spacial score (nSPS) is 10.4. The standard InChI is InChI=1S/C16H11BNO2/c19-18(20)16-11-14(17-13-7-2-1-3-8-13)10-12-6-4-5-9-15(12)16/h1-11H. The summed E-state index contributed by atoms with van der Waals surface area (Å²) in [6.07, 6.45) is 0. The van der Waals surface area contributed by atoms with Crippen LogP contribution in [-0.4, -0.2) is 12.2 Å². The number of nitro benzene ring substituents is 1. The molecule has 0 N–H and O–H groups in total. The van der Waals surface area contributed by atoms with Gasteiger partial charge in [-0.1, -0.05) is 65.5 Å². The lowest BCUT2D eigenvalue weighted by Crippen LogP contribution is -2.26. The van der Waals surface area contributed by atoms with Gasteiger partial charge in [-0.25, -0.2) is 0 Å². The van der Waals surface area contributed by atoms with Gasteiger partial charge in [-0.15, -0.1) is 0 Å². The molecule has 0 aliphatic heterocycles. The summed E-state index contributed by atoms with van der Waals surface area (Å²) < 4.78 is 0. The van der Waals surface area contributed by atoms with E-state index in [-0.39, 0.29) is 10.6 Å². The van der Waals surface area contributed by atoms with Crippen molar-refractivity contribution in [3.05, 3.63) is 76.8 Å². The van der Waals surface area contributed by atoms with Gasteiger partial charge in [0.25, 0.3) is 5.69 Å². The average molecular weight is 260 g/mol. The minimum Gasteiger partial charge on any atom is -0.258 e. The van der Waals surface area contributed by atoms with E-state index in [1.165, 1.54) is 0 Å². The number of hydrogen-bond acceptors (Lipinski definition) is 2. The maximum Gasteiger partial charge on any atom is 0.276 e. The SMILES string of the molecule is O=[N+]([O-])c1cc([B]c2ccccc2)cc2ccccc12. The highest BCUT2D eigenvalue weighted by molar-refractivity contribution is 6.67. The fourth-order valence-corrected chi connectivity index (χ4v) is 2.29. The van der Waals surface area contributed by atoms with Crippen LogP contribution in [0.25, 0.3) is 10.8 Å². The van der Waals surface area contributed by atoms with Crippen molar-refractivity contribution in [3.8, 4) is 0 Å². The van der Waals surface area contributed by atoms with Crippen LogP contribution in [0.4, 0.5) is 5.69 Å². The molecule has 3 aromatic carbocycles. The highest BCUT2D eigenvalue weighted by atomic mass is 16.6. The molecule has 3 nitrogen and oxygen atoms in total. The third kappa shape index (κ3) is 2.40. The average Bonchev–Trinajstić information content (AvgIpc) is 2.47. The van der Waals surface area contributed by atoms with Crippen molar-refractivity contribution in [2.75, 3.05) is 0 Å². The lowest BCUT2D eigenvalue weighted by atomic mass is 9.63. The summed E-state index contributed by atoms with van der Waals surface area (Å²) >= 11 is 0. The molecule has 20 heavy (non-hydrogen) atoms. The predicted molar refractivity (Wildman–Crippen MR) is 82.1 cm³/mol. The maximum atomic E-state index is 11.2. The zero-order valence-corrected chi connectivity index (χ0v) is 10.7. The fourth-order valence-electron chi connectivity index (χ4n) is 2.29. The van der Waals surface area contributed by atoms with Crippen molar-refractivity contribution in [1.82, 2.24) is 0 Å². The van der Waals surface area contributed by atoms with Crippen molar-refractivity contribution < 1.29 is 4.92 Å². The zero-order chi connectivity index (χ0) is 13.9. The summed E-state index contributed by atoms with van der Waals surface area (Å²) in [7, 11) is 1.94. The molecular weight excluding hydrogens is 249 g/mol. The minimum absolute atomic E-state index is 0.144. The Bertz CT molecular complexity index is 772. The van der Waals surface area contributed by atoms with Crippen LogP contribution in [0.1, 0.15) is 0 Å². The van der Waals surface area contributed by atoms with Gasteiger partial charge < -0.3 is 0 Å². The molecule has 0 unspecified atom stereocenters. The zero-order valence-electron chi connectivity index (χ0n) is 10.7. The fraction of sp³-hybridized carbons (Fsp3) is 0. The first-order valence-electron chi connectivity index (χ1n) is 6.31. The first-order valence-corrected chi connectivity index (χ1v) is 6.31. The van der Waals surface area contributed by atoms with Crippen LogP contribution in [0.15, 0.2) is 66.7 Å². The van der Waals surface area contributed by atoms with E-state index in [4.69, 9.17) is 0 Å². The van der Waals surface area contributed by atoms with Gasteiger partial charge in [-0.05, 0) is 11.5 Å². The van der Waals surface area contributed by atoms with Gasteiger partial charge in [0.05, 0.1) is 10.3 Å². The Balaban J connectivity index is 2.10. The van der Waals surface area contributed by atoms with Crippen LogP contribution in [0.2, 0.25) is 0 Å². The Kier molecular flexibility index (Phi) is 3.21. The highest BCUT2D eigenvalue weighted by Crippen LogP contribution is 2.23. The second-order valence-electron chi connectivity index (χ2n) is 4.57. The molecule has 0 fully saturated rings. The van der Waals surface area contributed by atoms with E-state index in [1.807, 2.05) is 61.9 Å². The van der Waals surface area contributed by atoms with E-state index in [0.717, 1.165) is 16.3 Å². The second kappa shape index (κ2) is 5.17. The molecule has 0 heterocycles. The van der Waals surface area contributed by atoms with Gasteiger partial charge in [0.2, 0.25) is 0 Å². The molecule has 0 atom stereocenters. The van der Waals surface area contributed by atoms with E-state index < -0.39 is 0 Å². The highest BCUT2D eigenvalue weighted by Gasteiger charge is 2.13. The molecule has 0 saturated heterocycles. The largest absolute Gasteiger partial charge is 0.276 e. The molecular formula is C16H11BNO2. The van der Waals surface area contributed by atoms with E-state index in [1.54, 1.807) is 12.1 Å². The Morgan fingerprint density at radius 3 is 2.30 bits per heavy atom. The Morgan fingerprint density at radius 1 is 0.850 bits per heavy atom. The molecule has 0 aliphatic carbocycles. The smallest absolute Gasteiger partial charge is 0.258 e. The Hall–Kier alpha value is -2.62. The number of benzene rings is 3. The van der Waals surface area contributed by atoms with Crippen LogP contribution in [0, 0.1) is 10.1 Å². The number of rotatable bonds is 3. The van der Waals surface area contributed by atoms with Gasteiger partial charge >= 0.3 is 0 Å². The molecule has 4 heteroatoms. The van der Waals surface area contributed by atoms with Gasteiger partial charge in [-0.2, -0.15) is 0 Å². The van der Waals surface area contributed by atoms with Crippen LogP contribution in [0.3, 0.4) is 0 Å². The Labute approximate surface area is 117 Å². The lowest BCUT2D eigenvalue weighted by molar-refractivity contribution is -0.383. The second-order valence-corrected chi connectivity index (χ2v) is 4.57. The lowest BCUT2D eigenvalue weighted by Gasteiger charge is -2.04. The van der Waals surface area contributed by atoms with Crippen molar-refractivity contribution in [2.24, 2.45) is 0 Å². The van der Waals surface area contributed by atoms with Crippen molar-refractivity contribution in [1.29, 1.82) is 0 Å². The summed E-state index contributed by atoms with van der Waals surface area (Å²) in [5.74, 6) is 0. The number of nitrogens with zero attached hydrogens (tertiary/aromatic N) is 1. The number of hydrogen-bond donors (Lipinski definition) is 0. The van der Waals surface area contributed by atoms with Crippen molar-refractivity contribution in [3.63, 3.8) is 0 Å². The number of non-ortho nitro benzene ring substituents is 1. The molecule has 0 bridgehead atoms. The molecule has 3 aromatic rings. The first-order chi connectivity index (χ1) is 9.74. The maximum absolute atomic E-state index is 11.2. The molecule has 0 aromatic heterocycles. The Morgan fingerprint density at radius 2 is 1.55 bits per heavy atom. The number of fused-ring (bicyclic) bond motifs is 1. The molecule has 1 radical (unpaired) electrons. The summed E-state index contributed by atoms with van der Waals surface area (Å²) in [6.45, 7) is 0. The van der Waals surface area contributed by atoms with Gasteiger partial charge in [0.1, 0.15) is 0 Å². The third-order valence-electron chi connectivity index (χ3n) is 3.19. The summed E-state index contributed by atoms with van der Waals surface area (Å²) in [5.41, 5.74) is 2.00. The van der Waals surface area contributed by atoms with E-state index in [0.29, 0.717) is 5.39 Å². The van der Waals surface area contributed by atoms with Crippen LogP contribution in [-0.2, 0) is 0 Å². The summed E-state index contributed by atoms with van der Waals surface area (Å²) in [4.78, 5) is 10.9. The van der Waals surface area contributed by atoms with Gasteiger partial charge in [0.15, 0.2) is 7.28 Å². The quantitative estimate of drug-likeness (QED) is 0.412. The molecule has 0 amide bonds. The van der Waals surface area contributed by atoms with Crippen LogP contribution in [0.5, 0.6) is 0 Å². The van der Waals surface area contributed by atoms with E-state index in [2.05, 4.69) is 0 Å². The topological polar surface area (TPSA) is 43.1 Å². The van der Waals surface area contributed by atoms with E-state index >= 15 is 0 Å². The minimum atomic E-state index is -0.329. The van der Waals surface area contributed by atoms with Crippen molar-refractivity contribution in [2.45, 2.75) is 0 Å².